The van der Waals surface area contributed by atoms with E-state index in [1.165, 1.54) is 0 Å². The Morgan fingerprint density at radius 3 is 2.71 bits per heavy atom. The van der Waals surface area contributed by atoms with E-state index in [1.54, 1.807) is 5.01 Å². The normalized spacial score (nSPS) is 11.5. The number of allylic oxidation sites excluding steroid dienone is 1. The Morgan fingerprint density at radius 2 is 2.21 bits per heavy atom. The molecule has 0 unspecified atom stereocenters. The smallest absolute Gasteiger partial charge is 0.0569 e. The third kappa shape index (κ3) is 6.62. The van der Waals surface area contributed by atoms with Gasteiger partial charge in [-0.25, -0.2) is 5.84 Å². The maximum atomic E-state index is 5.75. The molecular formula is C10H22N4. The average molecular weight is 198 g/mol. The van der Waals surface area contributed by atoms with Gasteiger partial charge in [0.2, 0.25) is 0 Å². The molecule has 4 heteroatoms. The van der Waals surface area contributed by atoms with Gasteiger partial charge in [-0.3, -0.25) is 4.99 Å². The number of unbranched alkanes of at least 4 members (excludes halogenated alkanes) is 1. The molecule has 0 atom stereocenters. The number of hydrazine groups is 1. The molecule has 0 fully saturated rings. The number of aliphatic imine (C=N–C) groups is 1. The molecule has 4 N–H and O–H groups in total. The highest BCUT2D eigenvalue weighted by atomic mass is 15.4. The molecule has 4 nitrogen and oxygen atoms in total. The van der Waals surface area contributed by atoms with Gasteiger partial charge in [-0.15, -0.1) is 0 Å². The zero-order chi connectivity index (χ0) is 10.8. The molecule has 0 bridgehead atoms. The molecule has 0 spiro atoms. The predicted molar refractivity (Wildman–Crippen MR) is 61.7 cm³/mol. The van der Waals surface area contributed by atoms with Crippen molar-refractivity contribution in [1.29, 1.82) is 0 Å². The van der Waals surface area contributed by atoms with E-state index in [0.717, 1.165) is 37.9 Å². The fourth-order valence-corrected chi connectivity index (χ4v) is 1.06. The van der Waals surface area contributed by atoms with E-state index in [-0.39, 0.29) is 0 Å². The van der Waals surface area contributed by atoms with Crippen LogP contribution in [-0.2, 0) is 0 Å². The molecule has 0 aliphatic heterocycles. The van der Waals surface area contributed by atoms with E-state index in [2.05, 4.69) is 18.6 Å². The molecule has 0 aromatic rings. The third-order valence-corrected chi connectivity index (χ3v) is 1.92. The molecule has 0 amide bonds. The first-order chi connectivity index (χ1) is 6.74. The number of nitrogens with two attached hydrogens (primary N) is 2. The average Bonchev–Trinajstić information content (AvgIpc) is 2.21. The van der Waals surface area contributed by atoms with Crippen LogP contribution in [0.1, 0.15) is 32.6 Å². The fourth-order valence-electron chi connectivity index (χ4n) is 1.06. The summed E-state index contributed by atoms with van der Waals surface area (Å²) in [7, 11) is 0. The quantitative estimate of drug-likeness (QED) is 0.350. The monoisotopic (exact) mass is 198 g/mol. The number of hydrogen-bond donors (Lipinski definition) is 2. The van der Waals surface area contributed by atoms with E-state index in [0.29, 0.717) is 6.54 Å². The molecular weight excluding hydrogens is 176 g/mol. The second kappa shape index (κ2) is 8.72. The largest absolute Gasteiger partial charge is 0.330 e. The summed E-state index contributed by atoms with van der Waals surface area (Å²) in [5.41, 5.74) is 6.32. The molecule has 0 saturated heterocycles. The van der Waals surface area contributed by atoms with Crippen molar-refractivity contribution in [3.05, 3.63) is 11.9 Å². The zero-order valence-electron chi connectivity index (χ0n) is 9.08. The van der Waals surface area contributed by atoms with Gasteiger partial charge in [0.05, 0.1) is 5.70 Å². The topological polar surface area (TPSA) is 67.6 Å². The molecule has 14 heavy (non-hydrogen) atoms. The Hall–Kier alpha value is -0.870. The summed E-state index contributed by atoms with van der Waals surface area (Å²) in [6.45, 7) is 7.18. The summed E-state index contributed by atoms with van der Waals surface area (Å²) in [4.78, 5) is 3.91. The van der Waals surface area contributed by atoms with Gasteiger partial charge in [-0.1, -0.05) is 13.3 Å². The van der Waals surface area contributed by atoms with Crippen molar-refractivity contribution in [2.75, 3.05) is 13.1 Å². The molecule has 0 aliphatic rings. The molecule has 0 radical (unpaired) electrons. The van der Waals surface area contributed by atoms with Crippen LogP contribution in [-0.4, -0.2) is 24.8 Å². The van der Waals surface area contributed by atoms with Gasteiger partial charge >= 0.3 is 0 Å². The minimum Gasteiger partial charge on any atom is -0.330 e. The highest BCUT2D eigenvalue weighted by Crippen LogP contribution is 2.05. The highest BCUT2D eigenvalue weighted by molar-refractivity contribution is 5.28. The lowest BCUT2D eigenvalue weighted by atomic mass is 10.2. The first kappa shape index (κ1) is 13.1. The predicted octanol–water partition coefficient (Wildman–Crippen LogP) is 1.24. The van der Waals surface area contributed by atoms with Crippen LogP contribution in [0.25, 0.3) is 0 Å². The van der Waals surface area contributed by atoms with Crippen LogP contribution in [0.4, 0.5) is 0 Å². The van der Waals surface area contributed by atoms with Crippen molar-refractivity contribution < 1.29 is 0 Å². The summed E-state index contributed by atoms with van der Waals surface area (Å²) >= 11 is 0. The SMILES string of the molecule is C=N/C(=C\N(N)CCCC)CCCN. The standard InChI is InChI=1S/C10H22N4/c1-3-4-8-14(12)9-10(13-2)6-5-7-11/h9H,2-8,11-12H2,1H3/b10-9-. The Labute approximate surface area is 86.6 Å². The molecule has 0 rings (SSSR count). The lowest BCUT2D eigenvalue weighted by molar-refractivity contribution is 0.379. The molecule has 0 aliphatic carbocycles. The zero-order valence-corrected chi connectivity index (χ0v) is 9.08. The first-order valence-corrected chi connectivity index (χ1v) is 5.13. The van der Waals surface area contributed by atoms with Crippen LogP contribution in [0, 0.1) is 0 Å². The minimum atomic E-state index is 0.673. The van der Waals surface area contributed by atoms with Gasteiger partial charge in [0, 0.05) is 12.7 Å². The van der Waals surface area contributed by atoms with E-state index >= 15 is 0 Å². The molecule has 82 valence electrons. The van der Waals surface area contributed by atoms with Crippen LogP contribution in [0.5, 0.6) is 0 Å². The Balaban J connectivity index is 3.93. The van der Waals surface area contributed by atoms with Gasteiger partial charge < -0.3 is 10.7 Å². The summed E-state index contributed by atoms with van der Waals surface area (Å²) in [5, 5.41) is 1.67. The second-order valence-electron chi connectivity index (χ2n) is 3.26. The van der Waals surface area contributed by atoms with Crippen molar-refractivity contribution >= 4 is 6.72 Å². The maximum Gasteiger partial charge on any atom is 0.0569 e. The molecule has 0 saturated carbocycles. The summed E-state index contributed by atoms with van der Waals surface area (Å²) in [5.74, 6) is 5.75. The van der Waals surface area contributed by atoms with Crippen molar-refractivity contribution in [3.63, 3.8) is 0 Å². The van der Waals surface area contributed by atoms with Gasteiger partial charge in [-0.2, -0.15) is 0 Å². The van der Waals surface area contributed by atoms with Gasteiger partial charge in [0.1, 0.15) is 0 Å². The summed E-state index contributed by atoms with van der Waals surface area (Å²) in [6, 6.07) is 0. The van der Waals surface area contributed by atoms with Gasteiger partial charge in [0.25, 0.3) is 0 Å². The Kier molecular flexibility index (Phi) is 8.17. The summed E-state index contributed by atoms with van der Waals surface area (Å²) in [6.07, 6.45) is 5.85. The van der Waals surface area contributed by atoms with Crippen LogP contribution in [0.2, 0.25) is 0 Å². The molecule has 0 aromatic carbocycles. The van der Waals surface area contributed by atoms with E-state index < -0.39 is 0 Å². The fraction of sp³-hybridized carbons (Fsp3) is 0.700. The van der Waals surface area contributed by atoms with E-state index in [4.69, 9.17) is 11.6 Å². The third-order valence-electron chi connectivity index (χ3n) is 1.92. The minimum absolute atomic E-state index is 0.673. The van der Waals surface area contributed by atoms with Crippen molar-refractivity contribution in [2.45, 2.75) is 32.6 Å². The number of rotatable bonds is 8. The van der Waals surface area contributed by atoms with E-state index in [9.17, 15) is 0 Å². The second-order valence-corrected chi connectivity index (χ2v) is 3.26. The highest BCUT2D eigenvalue weighted by Gasteiger charge is 1.96. The maximum absolute atomic E-state index is 5.75. The van der Waals surface area contributed by atoms with Gasteiger partial charge in [0.15, 0.2) is 0 Å². The van der Waals surface area contributed by atoms with Crippen LogP contribution >= 0.6 is 0 Å². The first-order valence-electron chi connectivity index (χ1n) is 5.13. The molecule has 0 aromatic heterocycles. The van der Waals surface area contributed by atoms with Crippen LogP contribution in [0.15, 0.2) is 16.9 Å². The van der Waals surface area contributed by atoms with Crippen molar-refractivity contribution in [3.8, 4) is 0 Å². The Bertz CT molecular complexity index is 177. The number of nitrogens with zero attached hydrogens (tertiary/aromatic N) is 2. The molecule has 0 heterocycles. The van der Waals surface area contributed by atoms with Crippen molar-refractivity contribution in [1.82, 2.24) is 5.01 Å². The van der Waals surface area contributed by atoms with E-state index in [1.807, 2.05) is 6.20 Å². The lowest BCUT2D eigenvalue weighted by Crippen LogP contribution is -2.26. The number of hydrogen-bond acceptors (Lipinski definition) is 4. The lowest BCUT2D eigenvalue weighted by Gasteiger charge is -2.14. The Morgan fingerprint density at radius 1 is 1.50 bits per heavy atom. The van der Waals surface area contributed by atoms with Crippen LogP contribution < -0.4 is 11.6 Å². The summed E-state index contributed by atoms with van der Waals surface area (Å²) < 4.78 is 0. The van der Waals surface area contributed by atoms with Crippen LogP contribution in [0.3, 0.4) is 0 Å². The van der Waals surface area contributed by atoms with Crippen molar-refractivity contribution in [2.24, 2.45) is 16.6 Å². The van der Waals surface area contributed by atoms with Gasteiger partial charge in [-0.05, 0) is 32.5 Å².